The third kappa shape index (κ3) is 5.00. The molecule has 0 amide bonds. The molecule has 0 aliphatic heterocycles. The van der Waals surface area contributed by atoms with Crippen LogP contribution in [0.3, 0.4) is 0 Å². The Morgan fingerprint density at radius 3 is 1.95 bits per heavy atom. The maximum atomic E-state index is 11.0. The molecule has 0 aliphatic carbocycles. The first-order chi connectivity index (χ1) is 7.58. The molecule has 1 aromatic heterocycles. The van der Waals surface area contributed by atoms with Crippen LogP contribution in [0.4, 0.5) is 0 Å². The summed E-state index contributed by atoms with van der Waals surface area (Å²) in [6.07, 6.45) is 1.63. The normalized spacial score (nSPS) is 12.3. The van der Waals surface area contributed by atoms with E-state index in [4.69, 9.17) is 19.6 Å². The monoisotopic (exact) mass is 325 g/mol. The molecule has 7 N–H and O–H groups in total. The van der Waals surface area contributed by atoms with Crippen molar-refractivity contribution < 1.29 is 39.3 Å². The number of aromatic nitrogens is 1. The molecule has 1 heterocycles. The summed E-state index contributed by atoms with van der Waals surface area (Å²) in [5.74, 6) is 0. The third-order valence-electron chi connectivity index (χ3n) is 2.10. The van der Waals surface area contributed by atoms with Crippen LogP contribution < -0.4 is 0 Å². The maximum absolute atomic E-state index is 11.0. The molecule has 0 fully saturated rings. The van der Waals surface area contributed by atoms with Gasteiger partial charge in [-0.1, -0.05) is 6.07 Å². The van der Waals surface area contributed by atoms with Crippen LogP contribution in [0.1, 0.15) is 5.56 Å². The molecular weight excluding hydrogens is 311 g/mol. The second-order valence-electron chi connectivity index (χ2n) is 3.40. The Labute approximate surface area is 130 Å². The summed E-state index contributed by atoms with van der Waals surface area (Å²) in [5, 5.41) is 6.16. The molecule has 0 saturated heterocycles. The summed E-state index contributed by atoms with van der Waals surface area (Å²) in [4.78, 5) is 39.1. The van der Waals surface area contributed by atoms with Crippen LogP contribution in [-0.4, -0.2) is 69.8 Å². The molecule has 0 saturated carbocycles. The number of hydrogen-bond donors (Lipinski definition) is 5. The number of nitrogens with zero attached hydrogens (tertiary/aromatic N) is 1. The zero-order valence-electron chi connectivity index (χ0n) is 8.91. The molecule has 106 valence electrons. The van der Waals surface area contributed by atoms with Gasteiger partial charge in [-0.05, 0) is 11.6 Å². The summed E-state index contributed by atoms with van der Waals surface area (Å²) in [6.45, 7) is 0. The number of rotatable bonds is 4. The van der Waals surface area contributed by atoms with Crippen molar-refractivity contribution >= 4 is 44.7 Å². The van der Waals surface area contributed by atoms with Crippen molar-refractivity contribution in [2.75, 3.05) is 0 Å². The molecule has 12 heteroatoms. The first-order valence-electron chi connectivity index (χ1n) is 4.30. The van der Waals surface area contributed by atoms with E-state index in [1.165, 1.54) is 18.3 Å². The molecule has 0 atom stereocenters. The van der Waals surface area contributed by atoms with Gasteiger partial charge in [-0.2, -0.15) is 0 Å². The quantitative estimate of drug-likeness (QED) is 0.316. The van der Waals surface area contributed by atoms with E-state index in [2.05, 4.69) is 4.98 Å². The van der Waals surface area contributed by atoms with Gasteiger partial charge in [-0.3, -0.25) is 14.1 Å². The summed E-state index contributed by atoms with van der Waals surface area (Å²) in [5.41, 5.74) is 0.0988. The van der Waals surface area contributed by atoms with E-state index in [1.54, 1.807) is 0 Å². The topological polar surface area (TPSA) is 180 Å². The summed E-state index contributed by atoms with van der Waals surface area (Å²) in [7, 11) is -10.8. The Kier molecular flexibility index (Phi) is 8.44. The van der Waals surface area contributed by atoms with Crippen molar-refractivity contribution in [1.29, 1.82) is 0 Å². The van der Waals surface area contributed by atoms with Gasteiger partial charge in [0, 0.05) is 18.8 Å². The van der Waals surface area contributed by atoms with Crippen molar-refractivity contribution in [2.45, 2.75) is 11.5 Å². The van der Waals surface area contributed by atoms with E-state index in [-0.39, 0.29) is 40.6 Å². The van der Waals surface area contributed by atoms with Gasteiger partial charge in [0.05, 0.1) is 0 Å². The van der Waals surface area contributed by atoms with Crippen LogP contribution in [0.5, 0.6) is 0 Å². The van der Waals surface area contributed by atoms with Crippen molar-refractivity contribution in [2.24, 2.45) is 0 Å². The van der Waals surface area contributed by atoms with E-state index >= 15 is 0 Å². The Bertz CT molecular complexity index is 463. The first kappa shape index (κ1) is 21.7. The molecule has 0 bridgehead atoms. The molecule has 1 rings (SSSR count). The fourth-order valence-electron chi connectivity index (χ4n) is 1.15. The molecule has 19 heavy (non-hydrogen) atoms. The number of aliphatic hydroxyl groups is 1. The molecule has 0 unspecified atom stereocenters. The van der Waals surface area contributed by atoms with Gasteiger partial charge in [0.25, 0.3) is 5.08 Å². The van der Waals surface area contributed by atoms with Crippen LogP contribution in [0.15, 0.2) is 24.5 Å². The predicted molar refractivity (Wildman–Crippen MR) is 67.7 cm³/mol. The third-order valence-corrected chi connectivity index (χ3v) is 5.84. The zero-order valence-corrected chi connectivity index (χ0v) is 10.7. The standard InChI is InChI=1S/C7H11NO7P2.Na.H2O.H/c9-7(16(10,11)12,17(13,14)15)4-6-2-1-3-8-5-6;;;/h1-3,5,9H,4H2,(H2,10,11,12)(H2,13,14,15);;1H2;. The Hall–Kier alpha value is 0.370. The second-order valence-corrected chi connectivity index (χ2v) is 7.41. The van der Waals surface area contributed by atoms with Crippen molar-refractivity contribution in [1.82, 2.24) is 4.98 Å². The molecule has 0 spiro atoms. The van der Waals surface area contributed by atoms with E-state index in [0.29, 0.717) is 0 Å². The zero-order chi connectivity index (χ0) is 13.3. The fraction of sp³-hybridized carbons (Fsp3) is 0.286. The fourth-order valence-corrected chi connectivity index (χ4v) is 3.29. The van der Waals surface area contributed by atoms with Crippen LogP contribution in [0.2, 0.25) is 0 Å². The Morgan fingerprint density at radius 2 is 1.63 bits per heavy atom. The van der Waals surface area contributed by atoms with Crippen molar-refractivity contribution in [3.05, 3.63) is 30.1 Å². The van der Waals surface area contributed by atoms with Crippen molar-refractivity contribution in [3.8, 4) is 0 Å². The molecule has 0 aromatic carbocycles. The van der Waals surface area contributed by atoms with E-state index in [9.17, 15) is 14.2 Å². The van der Waals surface area contributed by atoms with E-state index in [0.717, 1.165) is 6.20 Å². The second kappa shape index (κ2) is 7.40. The van der Waals surface area contributed by atoms with Gasteiger partial charge < -0.3 is 30.2 Å². The van der Waals surface area contributed by atoms with Gasteiger partial charge in [-0.15, -0.1) is 0 Å². The summed E-state index contributed by atoms with van der Waals surface area (Å²) >= 11 is 0. The van der Waals surface area contributed by atoms with Crippen LogP contribution in [-0.2, 0) is 15.6 Å². The van der Waals surface area contributed by atoms with E-state index < -0.39 is 26.7 Å². The average molecular weight is 325 g/mol. The average Bonchev–Trinajstić information content (AvgIpc) is 2.15. The number of hydrogen-bond acceptors (Lipinski definition) is 4. The molecular formula is C7H14NNaO8P2. The molecule has 1 aromatic rings. The molecule has 0 radical (unpaired) electrons. The van der Waals surface area contributed by atoms with Gasteiger partial charge in [0.15, 0.2) is 0 Å². The van der Waals surface area contributed by atoms with Crippen molar-refractivity contribution in [3.63, 3.8) is 0 Å². The van der Waals surface area contributed by atoms with Crippen LogP contribution in [0, 0.1) is 0 Å². The van der Waals surface area contributed by atoms with Gasteiger partial charge >= 0.3 is 44.7 Å². The summed E-state index contributed by atoms with van der Waals surface area (Å²) in [6, 6.07) is 2.75. The first-order valence-corrected chi connectivity index (χ1v) is 7.53. The SMILES string of the molecule is O.O=P(O)(O)C(O)(Cc1cccnc1)P(=O)(O)O.[NaH]. The van der Waals surface area contributed by atoms with Crippen LogP contribution >= 0.6 is 15.2 Å². The minimum absolute atomic E-state index is 0. The molecule has 0 aliphatic rings. The van der Waals surface area contributed by atoms with Crippen LogP contribution in [0.25, 0.3) is 0 Å². The Balaban J connectivity index is 0. The van der Waals surface area contributed by atoms with E-state index in [1.807, 2.05) is 0 Å². The van der Waals surface area contributed by atoms with Gasteiger partial charge in [0.1, 0.15) is 0 Å². The predicted octanol–water partition coefficient (Wildman–Crippen LogP) is -1.85. The van der Waals surface area contributed by atoms with Gasteiger partial charge in [-0.25, -0.2) is 0 Å². The minimum atomic E-state index is -5.41. The molecule has 9 nitrogen and oxygen atoms in total. The summed E-state index contributed by atoms with van der Waals surface area (Å²) < 4.78 is 22.1. The number of pyridine rings is 1. The van der Waals surface area contributed by atoms with Gasteiger partial charge in [0.2, 0.25) is 0 Å². The Morgan fingerprint density at radius 1 is 1.16 bits per heavy atom.